The molecule has 5 heteroatoms. The molecule has 2 rings (SSSR count). The van der Waals surface area contributed by atoms with Crippen molar-refractivity contribution in [3.8, 4) is 0 Å². The number of rotatable bonds is 2. The van der Waals surface area contributed by atoms with E-state index in [1.807, 2.05) is 31.2 Å². The van der Waals surface area contributed by atoms with Crippen LogP contribution in [-0.4, -0.2) is 37.2 Å². The van der Waals surface area contributed by atoms with Gasteiger partial charge in [-0.05, 0) is 18.1 Å². The number of ether oxygens (including phenoxy) is 1. The zero-order chi connectivity index (χ0) is 12.1. The second-order valence-corrected chi connectivity index (χ2v) is 4.22. The Balaban J connectivity index is 0.00000162. The van der Waals surface area contributed by atoms with Gasteiger partial charge in [-0.2, -0.15) is 0 Å². The molecule has 1 aliphatic heterocycles. The Hall–Kier alpha value is -1.26. The number of nitrogens with zero attached hydrogens (tertiary/aromatic N) is 1. The third kappa shape index (κ3) is 3.89. The number of halogens is 1. The monoisotopic (exact) mass is 270 g/mol. The fourth-order valence-electron chi connectivity index (χ4n) is 1.85. The first-order valence-corrected chi connectivity index (χ1v) is 5.94. The van der Waals surface area contributed by atoms with Crippen molar-refractivity contribution >= 4 is 18.5 Å². The van der Waals surface area contributed by atoms with E-state index in [0.717, 1.165) is 37.3 Å². The van der Waals surface area contributed by atoms with Crippen LogP contribution in [-0.2, 0) is 11.3 Å². The molecule has 0 unspecified atom stereocenters. The Bertz CT molecular complexity index is 392. The van der Waals surface area contributed by atoms with Crippen molar-refractivity contribution in [1.29, 1.82) is 0 Å². The summed E-state index contributed by atoms with van der Waals surface area (Å²) in [5.74, 6) is 0. The maximum Gasteiger partial charge on any atom is 0.410 e. The summed E-state index contributed by atoms with van der Waals surface area (Å²) < 4.78 is 5.31. The summed E-state index contributed by atoms with van der Waals surface area (Å²) in [6.45, 7) is 5.53. The molecule has 1 aromatic rings. The Morgan fingerprint density at radius 1 is 1.33 bits per heavy atom. The van der Waals surface area contributed by atoms with E-state index in [4.69, 9.17) is 4.74 Å². The molecule has 1 amide bonds. The number of carbonyl (C=O) groups is 1. The SMILES string of the molecule is Cc1ccccc1COC(=O)N1CCNCC1.Cl. The van der Waals surface area contributed by atoms with Gasteiger partial charge in [0.15, 0.2) is 0 Å². The molecular formula is C13H19ClN2O2. The molecule has 1 fully saturated rings. The second-order valence-electron chi connectivity index (χ2n) is 4.22. The third-order valence-electron chi connectivity index (χ3n) is 2.99. The highest BCUT2D eigenvalue weighted by Crippen LogP contribution is 2.09. The van der Waals surface area contributed by atoms with Crippen molar-refractivity contribution in [1.82, 2.24) is 10.2 Å². The average molecular weight is 271 g/mol. The van der Waals surface area contributed by atoms with Crippen molar-refractivity contribution < 1.29 is 9.53 Å². The fraction of sp³-hybridized carbons (Fsp3) is 0.462. The molecule has 0 spiro atoms. The van der Waals surface area contributed by atoms with E-state index in [1.54, 1.807) is 4.90 Å². The Labute approximate surface area is 114 Å². The predicted molar refractivity (Wildman–Crippen MR) is 73.1 cm³/mol. The van der Waals surface area contributed by atoms with Crippen molar-refractivity contribution in [2.45, 2.75) is 13.5 Å². The van der Waals surface area contributed by atoms with Crippen molar-refractivity contribution in [3.05, 3.63) is 35.4 Å². The second kappa shape index (κ2) is 7.24. The summed E-state index contributed by atoms with van der Waals surface area (Å²) in [7, 11) is 0. The first-order chi connectivity index (χ1) is 8.27. The van der Waals surface area contributed by atoms with Crippen LogP contribution in [0.4, 0.5) is 4.79 Å². The number of piperazine rings is 1. The fourth-order valence-corrected chi connectivity index (χ4v) is 1.85. The van der Waals surface area contributed by atoms with E-state index in [2.05, 4.69) is 5.32 Å². The molecule has 0 aliphatic carbocycles. The van der Waals surface area contributed by atoms with Gasteiger partial charge in [0.1, 0.15) is 6.61 Å². The summed E-state index contributed by atoms with van der Waals surface area (Å²) in [4.78, 5) is 13.5. The van der Waals surface area contributed by atoms with Crippen LogP contribution in [0.2, 0.25) is 0 Å². The molecular weight excluding hydrogens is 252 g/mol. The van der Waals surface area contributed by atoms with E-state index in [0.29, 0.717) is 6.61 Å². The van der Waals surface area contributed by atoms with Crippen LogP contribution in [0.3, 0.4) is 0 Å². The van der Waals surface area contributed by atoms with E-state index in [-0.39, 0.29) is 18.5 Å². The molecule has 0 bridgehead atoms. The number of hydrogen-bond acceptors (Lipinski definition) is 3. The van der Waals surface area contributed by atoms with Gasteiger partial charge in [-0.1, -0.05) is 24.3 Å². The van der Waals surface area contributed by atoms with Crippen LogP contribution in [0.5, 0.6) is 0 Å². The molecule has 0 aromatic heterocycles. The summed E-state index contributed by atoms with van der Waals surface area (Å²) in [5, 5.41) is 3.20. The minimum atomic E-state index is -0.213. The van der Waals surface area contributed by atoms with E-state index in [1.165, 1.54) is 0 Å². The van der Waals surface area contributed by atoms with E-state index < -0.39 is 0 Å². The standard InChI is InChI=1S/C13H18N2O2.ClH/c1-11-4-2-3-5-12(11)10-17-13(16)15-8-6-14-7-9-15;/h2-5,14H,6-10H2,1H3;1H. The Kier molecular flexibility index (Phi) is 5.95. The lowest BCUT2D eigenvalue weighted by atomic mass is 10.1. The molecule has 100 valence electrons. The predicted octanol–water partition coefficient (Wildman–Crippen LogP) is 1.96. The van der Waals surface area contributed by atoms with E-state index in [9.17, 15) is 4.79 Å². The van der Waals surface area contributed by atoms with Crippen LogP contribution < -0.4 is 5.32 Å². The lowest BCUT2D eigenvalue weighted by Crippen LogP contribution is -2.46. The highest BCUT2D eigenvalue weighted by molar-refractivity contribution is 5.85. The van der Waals surface area contributed by atoms with Gasteiger partial charge in [0.25, 0.3) is 0 Å². The molecule has 0 atom stereocenters. The van der Waals surface area contributed by atoms with Crippen LogP contribution >= 0.6 is 12.4 Å². The quantitative estimate of drug-likeness (QED) is 0.893. The third-order valence-corrected chi connectivity index (χ3v) is 2.99. The van der Waals surface area contributed by atoms with Gasteiger partial charge in [-0.25, -0.2) is 4.79 Å². The van der Waals surface area contributed by atoms with Gasteiger partial charge < -0.3 is 15.0 Å². The topological polar surface area (TPSA) is 41.6 Å². The number of hydrogen-bond donors (Lipinski definition) is 1. The largest absolute Gasteiger partial charge is 0.445 e. The minimum absolute atomic E-state index is 0. The molecule has 0 radical (unpaired) electrons. The lowest BCUT2D eigenvalue weighted by Gasteiger charge is -2.26. The summed E-state index contributed by atoms with van der Waals surface area (Å²) in [5.41, 5.74) is 2.22. The molecule has 1 saturated heterocycles. The van der Waals surface area contributed by atoms with Gasteiger partial charge in [0, 0.05) is 26.2 Å². The van der Waals surface area contributed by atoms with Crippen LogP contribution in [0, 0.1) is 6.92 Å². The zero-order valence-corrected chi connectivity index (χ0v) is 11.3. The van der Waals surface area contributed by atoms with Gasteiger partial charge in [-0.3, -0.25) is 0 Å². The van der Waals surface area contributed by atoms with Crippen molar-refractivity contribution in [3.63, 3.8) is 0 Å². The van der Waals surface area contributed by atoms with Gasteiger partial charge in [0.05, 0.1) is 0 Å². The molecule has 1 aromatic carbocycles. The Morgan fingerprint density at radius 3 is 2.67 bits per heavy atom. The van der Waals surface area contributed by atoms with Crippen molar-refractivity contribution in [2.75, 3.05) is 26.2 Å². The molecule has 0 saturated carbocycles. The summed E-state index contributed by atoms with van der Waals surface area (Å²) in [6.07, 6.45) is -0.213. The highest BCUT2D eigenvalue weighted by Gasteiger charge is 2.17. The highest BCUT2D eigenvalue weighted by atomic mass is 35.5. The van der Waals surface area contributed by atoms with Gasteiger partial charge >= 0.3 is 6.09 Å². The summed E-state index contributed by atoms with van der Waals surface area (Å²) in [6, 6.07) is 7.95. The van der Waals surface area contributed by atoms with Gasteiger partial charge in [0.2, 0.25) is 0 Å². The molecule has 1 aliphatic rings. The molecule has 1 heterocycles. The smallest absolute Gasteiger partial charge is 0.410 e. The van der Waals surface area contributed by atoms with Crippen LogP contribution in [0.1, 0.15) is 11.1 Å². The van der Waals surface area contributed by atoms with Gasteiger partial charge in [-0.15, -0.1) is 12.4 Å². The lowest BCUT2D eigenvalue weighted by molar-refractivity contribution is 0.0917. The first-order valence-electron chi connectivity index (χ1n) is 5.94. The number of benzene rings is 1. The maximum absolute atomic E-state index is 11.8. The molecule has 18 heavy (non-hydrogen) atoms. The average Bonchev–Trinajstić information content (AvgIpc) is 2.38. The summed E-state index contributed by atoms with van der Waals surface area (Å²) >= 11 is 0. The normalized spacial score (nSPS) is 14.8. The number of aryl methyl sites for hydroxylation is 1. The first kappa shape index (κ1) is 14.8. The zero-order valence-electron chi connectivity index (χ0n) is 10.5. The number of amides is 1. The number of carbonyl (C=O) groups excluding carboxylic acids is 1. The van der Waals surface area contributed by atoms with E-state index >= 15 is 0 Å². The van der Waals surface area contributed by atoms with Crippen LogP contribution in [0.25, 0.3) is 0 Å². The number of nitrogens with one attached hydrogen (secondary N) is 1. The Morgan fingerprint density at radius 2 is 2.00 bits per heavy atom. The van der Waals surface area contributed by atoms with Crippen molar-refractivity contribution in [2.24, 2.45) is 0 Å². The minimum Gasteiger partial charge on any atom is -0.445 e. The molecule has 1 N–H and O–H groups in total. The van der Waals surface area contributed by atoms with Crippen LogP contribution in [0.15, 0.2) is 24.3 Å². The molecule has 4 nitrogen and oxygen atoms in total. The maximum atomic E-state index is 11.8.